The number of rotatable bonds is 5. The minimum absolute atomic E-state index is 0.281. The smallest absolute Gasteiger partial charge is 0.165 e. The summed E-state index contributed by atoms with van der Waals surface area (Å²) in [6, 6.07) is 15.0. The Morgan fingerprint density at radius 1 is 1.17 bits per heavy atom. The van der Waals surface area contributed by atoms with Crippen molar-refractivity contribution in [1.29, 1.82) is 0 Å². The van der Waals surface area contributed by atoms with Crippen molar-refractivity contribution < 1.29 is 14.2 Å². The van der Waals surface area contributed by atoms with Gasteiger partial charge < -0.3 is 9.84 Å². The monoisotopic (exact) mass is 329 g/mol. The van der Waals surface area contributed by atoms with Crippen molar-refractivity contribution in [3.05, 3.63) is 65.5 Å². The topological polar surface area (TPSA) is 32.7 Å². The van der Waals surface area contributed by atoms with Crippen LogP contribution >= 0.6 is 0 Å². The van der Waals surface area contributed by atoms with E-state index in [0.29, 0.717) is 0 Å². The molecule has 24 heavy (non-hydrogen) atoms. The molecule has 0 radical (unpaired) electrons. The van der Waals surface area contributed by atoms with Crippen LogP contribution in [0.25, 0.3) is 0 Å². The second kappa shape index (κ2) is 7.77. The second-order valence-electron chi connectivity index (χ2n) is 6.44. The van der Waals surface area contributed by atoms with E-state index in [9.17, 15) is 9.50 Å². The van der Waals surface area contributed by atoms with Crippen molar-refractivity contribution in [3.8, 4) is 5.75 Å². The summed E-state index contributed by atoms with van der Waals surface area (Å²) in [5, 5.41) is 10.5. The third-order valence-corrected chi connectivity index (χ3v) is 4.84. The van der Waals surface area contributed by atoms with Crippen LogP contribution in [0, 0.1) is 11.7 Å². The van der Waals surface area contributed by atoms with Crippen LogP contribution in [0.3, 0.4) is 0 Å². The van der Waals surface area contributed by atoms with E-state index in [-0.39, 0.29) is 17.5 Å². The molecule has 2 aromatic rings. The van der Waals surface area contributed by atoms with Gasteiger partial charge in [-0.3, -0.25) is 4.90 Å². The van der Waals surface area contributed by atoms with E-state index in [1.165, 1.54) is 7.11 Å². The van der Waals surface area contributed by atoms with Crippen LogP contribution in [-0.2, 0) is 6.54 Å². The Morgan fingerprint density at radius 3 is 2.50 bits per heavy atom. The first-order chi connectivity index (χ1) is 11.7. The van der Waals surface area contributed by atoms with E-state index >= 15 is 0 Å². The third kappa shape index (κ3) is 3.94. The number of hydrogen-bond acceptors (Lipinski definition) is 3. The molecule has 0 bridgehead atoms. The van der Waals surface area contributed by atoms with E-state index in [2.05, 4.69) is 4.90 Å². The maximum atomic E-state index is 13.8. The Kier molecular flexibility index (Phi) is 5.48. The van der Waals surface area contributed by atoms with Crippen LogP contribution < -0.4 is 4.74 Å². The average molecular weight is 329 g/mol. The molecule has 4 heteroatoms. The molecule has 1 fully saturated rings. The fourth-order valence-corrected chi connectivity index (χ4v) is 3.42. The van der Waals surface area contributed by atoms with Crippen LogP contribution in [0.15, 0.2) is 48.5 Å². The minimum Gasteiger partial charge on any atom is -0.494 e. The Labute approximate surface area is 142 Å². The molecule has 0 spiro atoms. The zero-order valence-corrected chi connectivity index (χ0v) is 14.0. The molecular formula is C20H24FNO2. The van der Waals surface area contributed by atoms with Crippen LogP contribution in [0.1, 0.15) is 30.1 Å². The molecule has 1 atom stereocenters. The van der Waals surface area contributed by atoms with Crippen molar-refractivity contribution in [2.45, 2.75) is 25.5 Å². The van der Waals surface area contributed by atoms with Crippen LogP contribution in [0.2, 0.25) is 0 Å². The molecule has 3 nitrogen and oxygen atoms in total. The summed E-state index contributed by atoms with van der Waals surface area (Å²) in [5.74, 6) is 0.254. The lowest BCUT2D eigenvalue weighted by Crippen LogP contribution is -2.35. The Morgan fingerprint density at radius 2 is 1.88 bits per heavy atom. The van der Waals surface area contributed by atoms with E-state index in [4.69, 9.17) is 4.74 Å². The first-order valence-corrected chi connectivity index (χ1v) is 8.45. The lowest BCUT2D eigenvalue weighted by atomic mass is 9.87. The summed E-state index contributed by atoms with van der Waals surface area (Å²) in [6.07, 6.45) is 1.51. The molecule has 3 rings (SSSR count). The molecule has 0 amide bonds. The van der Waals surface area contributed by atoms with Crippen molar-refractivity contribution >= 4 is 0 Å². The zero-order valence-electron chi connectivity index (χ0n) is 14.0. The molecule has 1 saturated heterocycles. The molecule has 1 aliphatic heterocycles. The number of ether oxygens (including phenoxy) is 1. The van der Waals surface area contributed by atoms with Gasteiger partial charge in [0.15, 0.2) is 11.6 Å². The fraction of sp³-hybridized carbons (Fsp3) is 0.400. The first-order valence-electron chi connectivity index (χ1n) is 8.45. The van der Waals surface area contributed by atoms with Gasteiger partial charge in [0.2, 0.25) is 0 Å². The number of likely N-dealkylation sites (tertiary alicyclic amines) is 1. The highest BCUT2D eigenvalue weighted by molar-refractivity contribution is 5.29. The van der Waals surface area contributed by atoms with Gasteiger partial charge in [0.25, 0.3) is 0 Å². The quantitative estimate of drug-likeness (QED) is 0.906. The Balaban J connectivity index is 1.54. The first kappa shape index (κ1) is 16.9. The number of methoxy groups -OCH3 is 1. The normalized spacial score (nSPS) is 17.6. The predicted octanol–water partition coefficient (Wildman–Crippen LogP) is 3.78. The summed E-state index contributed by atoms with van der Waals surface area (Å²) in [6.45, 7) is 2.57. The summed E-state index contributed by atoms with van der Waals surface area (Å²) < 4.78 is 18.7. The molecule has 1 unspecified atom stereocenters. The third-order valence-electron chi connectivity index (χ3n) is 4.84. The zero-order chi connectivity index (χ0) is 16.9. The van der Waals surface area contributed by atoms with Gasteiger partial charge in [0.1, 0.15) is 0 Å². The number of aliphatic hydroxyl groups excluding tert-OH is 1. The number of piperidine rings is 1. The van der Waals surface area contributed by atoms with Gasteiger partial charge >= 0.3 is 0 Å². The Bertz CT molecular complexity index is 654. The van der Waals surface area contributed by atoms with E-state index in [1.807, 2.05) is 36.4 Å². The number of hydrogen-bond donors (Lipinski definition) is 1. The van der Waals surface area contributed by atoms with Crippen molar-refractivity contribution in [3.63, 3.8) is 0 Å². The fourth-order valence-electron chi connectivity index (χ4n) is 3.42. The van der Waals surface area contributed by atoms with Gasteiger partial charge in [0, 0.05) is 6.54 Å². The largest absolute Gasteiger partial charge is 0.494 e. The highest BCUT2D eigenvalue weighted by Gasteiger charge is 2.26. The van der Waals surface area contributed by atoms with Crippen LogP contribution in [0.5, 0.6) is 5.75 Å². The van der Waals surface area contributed by atoms with E-state index in [1.54, 1.807) is 12.1 Å². The summed E-state index contributed by atoms with van der Waals surface area (Å²) in [7, 11) is 1.47. The number of nitrogens with zero attached hydrogens (tertiary/aromatic N) is 1. The second-order valence-corrected chi connectivity index (χ2v) is 6.44. The van der Waals surface area contributed by atoms with Gasteiger partial charge in [0.05, 0.1) is 13.2 Å². The van der Waals surface area contributed by atoms with Crippen molar-refractivity contribution in [2.75, 3.05) is 20.2 Å². The lowest BCUT2D eigenvalue weighted by Gasteiger charge is -2.34. The van der Waals surface area contributed by atoms with Crippen molar-refractivity contribution in [2.24, 2.45) is 5.92 Å². The number of halogens is 1. The SMILES string of the molecule is COc1ccc(CN2CCC(C(O)c3ccccc3)CC2)cc1F. The van der Waals surface area contributed by atoms with Gasteiger partial charge in [-0.25, -0.2) is 4.39 Å². The molecule has 1 heterocycles. The highest BCUT2D eigenvalue weighted by atomic mass is 19.1. The van der Waals surface area contributed by atoms with E-state index < -0.39 is 6.10 Å². The molecule has 2 aromatic carbocycles. The molecular weight excluding hydrogens is 305 g/mol. The summed E-state index contributed by atoms with van der Waals surface area (Å²) >= 11 is 0. The van der Waals surface area contributed by atoms with Gasteiger partial charge in [-0.05, 0) is 55.1 Å². The molecule has 0 aliphatic carbocycles. The number of aliphatic hydroxyl groups is 1. The maximum absolute atomic E-state index is 13.8. The summed E-state index contributed by atoms with van der Waals surface area (Å²) in [4.78, 5) is 2.31. The van der Waals surface area contributed by atoms with Gasteiger partial charge in [-0.2, -0.15) is 0 Å². The Hall–Kier alpha value is -1.91. The lowest BCUT2D eigenvalue weighted by molar-refractivity contribution is 0.0567. The summed E-state index contributed by atoms with van der Waals surface area (Å²) in [5.41, 5.74) is 1.95. The standard InChI is InChI=1S/C20H24FNO2/c1-24-19-8-7-15(13-18(19)21)14-22-11-9-17(10-12-22)20(23)16-5-3-2-4-6-16/h2-8,13,17,20,23H,9-12,14H2,1H3. The van der Waals surface area contributed by atoms with Crippen molar-refractivity contribution in [1.82, 2.24) is 4.90 Å². The highest BCUT2D eigenvalue weighted by Crippen LogP contribution is 2.31. The molecule has 0 aromatic heterocycles. The van der Waals surface area contributed by atoms with Gasteiger partial charge in [-0.15, -0.1) is 0 Å². The number of benzene rings is 2. The molecule has 128 valence electrons. The maximum Gasteiger partial charge on any atom is 0.165 e. The predicted molar refractivity (Wildman–Crippen MR) is 92.4 cm³/mol. The van der Waals surface area contributed by atoms with Crippen LogP contribution in [-0.4, -0.2) is 30.2 Å². The van der Waals surface area contributed by atoms with E-state index in [0.717, 1.165) is 43.6 Å². The molecule has 0 saturated carbocycles. The average Bonchev–Trinajstić information content (AvgIpc) is 2.63. The van der Waals surface area contributed by atoms with Gasteiger partial charge in [-0.1, -0.05) is 36.4 Å². The van der Waals surface area contributed by atoms with Crippen LogP contribution in [0.4, 0.5) is 4.39 Å². The molecule has 1 N–H and O–H groups in total. The minimum atomic E-state index is -0.396. The molecule has 1 aliphatic rings.